The van der Waals surface area contributed by atoms with Gasteiger partial charge in [-0.1, -0.05) is 0 Å². The second kappa shape index (κ2) is 2.84. The summed E-state index contributed by atoms with van der Waals surface area (Å²) in [6.07, 6.45) is -0.315. The molecule has 0 aliphatic heterocycles. The molecular weight excluding hydrogens is 114 g/mol. The molecule has 0 aliphatic rings. The molecule has 9 heavy (non-hydrogen) atoms. The highest BCUT2D eigenvalue weighted by Gasteiger charge is 2.16. The molecule has 52 valence electrons. The van der Waals surface area contributed by atoms with Crippen molar-refractivity contribution in [2.24, 2.45) is 0 Å². The van der Waals surface area contributed by atoms with Crippen LogP contribution in [0, 0.1) is 6.57 Å². The normalized spacial score (nSPS) is 14.6. The Labute approximate surface area is 56.6 Å². The van der Waals surface area contributed by atoms with Crippen LogP contribution in [0.1, 0.15) is 27.7 Å². The first-order valence-corrected chi connectivity index (χ1v) is 3.00. The van der Waals surface area contributed by atoms with Crippen molar-refractivity contribution in [3.63, 3.8) is 0 Å². The van der Waals surface area contributed by atoms with Crippen LogP contribution < -0.4 is 0 Å². The maximum Gasteiger partial charge on any atom is 0.325 e. The lowest BCUT2D eigenvalue weighted by molar-refractivity contribution is -0.0309. The predicted octanol–water partition coefficient (Wildman–Crippen LogP) is 2.07. The first-order valence-electron chi connectivity index (χ1n) is 3.00. The van der Waals surface area contributed by atoms with Gasteiger partial charge in [-0.25, -0.2) is 6.57 Å². The van der Waals surface area contributed by atoms with Crippen molar-refractivity contribution < 1.29 is 4.74 Å². The summed E-state index contributed by atoms with van der Waals surface area (Å²) < 4.78 is 5.23. The topological polar surface area (TPSA) is 13.6 Å². The number of hydrogen-bond donors (Lipinski definition) is 0. The number of hydrogen-bond acceptors (Lipinski definition) is 1. The molecule has 0 spiro atoms. The summed E-state index contributed by atoms with van der Waals surface area (Å²) >= 11 is 0. The van der Waals surface area contributed by atoms with E-state index >= 15 is 0 Å². The highest BCUT2D eigenvalue weighted by molar-refractivity contribution is 4.68. The fourth-order valence-corrected chi connectivity index (χ4v) is 0.538. The summed E-state index contributed by atoms with van der Waals surface area (Å²) in [6, 6.07) is 0. The third kappa shape index (κ3) is 5.32. The predicted molar refractivity (Wildman–Crippen MR) is 36.9 cm³/mol. The summed E-state index contributed by atoms with van der Waals surface area (Å²) in [5, 5.41) is 0. The molecular formula is C7H13NO. The lowest BCUT2D eigenvalue weighted by Gasteiger charge is -2.17. The van der Waals surface area contributed by atoms with Crippen molar-refractivity contribution in [1.82, 2.24) is 0 Å². The van der Waals surface area contributed by atoms with Crippen molar-refractivity contribution in [2.75, 3.05) is 0 Å². The molecule has 0 amide bonds. The lowest BCUT2D eigenvalue weighted by Crippen LogP contribution is -2.23. The Morgan fingerprint density at radius 2 is 1.89 bits per heavy atom. The van der Waals surface area contributed by atoms with E-state index in [-0.39, 0.29) is 11.8 Å². The molecule has 1 atom stereocenters. The third-order valence-electron chi connectivity index (χ3n) is 0.706. The maximum absolute atomic E-state index is 6.59. The Bertz CT molecular complexity index is 118. The Morgan fingerprint density at radius 3 is 2.00 bits per heavy atom. The molecule has 0 heterocycles. The SMILES string of the molecule is [C-]#[N+]C(C)OC(C)(C)C. The van der Waals surface area contributed by atoms with E-state index in [4.69, 9.17) is 11.3 Å². The van der Waals surface area contributed by atoms with Gasteiger partial charge in [0.05, 0.1) is 5.60 Å². The molecule has 0 aromatic heterocycles. The zero-order valence-corrected chi connectivity index (χ0v) is 6.43. The van der Waals surface area contributed by atoms with Crippen LogP contribution in [0.5, 0.6) is 0 Å². The molecule has 0 fully saturated rings. The molecule has 0 radical (unpaired) electrons. The van der Waals surface area contributed by atoms with Crippen molar-refractivity contribution in [1.29, 1.82) is 0 Å². The van der Waals surface area contributed by atoms with Crippen molar-refractivity contribution in [3.8, 4) is 0 Å². The lowest BCUT2D eigenvalue weighted by atomic mass is 10.2. The van der Waals surface area contributed by atoms with E-state index in [9.17, 15) is 0 Å². The zero-order chi connectivity index (χ0) is 7.49. The summed E-state index contributed by atoms with van der Waals surface area (Å²) in [4.78, 5) is 3.20. The summed E-state index contributed by atoms with van der Waals surface area (Å²) in [6.45, 7) is 14.2. The van der Waals surface area contributed by atoms with Crippen molar-refractivity contribution >= 4 is 0 Å². The van der Waals surface area contributed by atoms with E-state index in [2.05, 4.69) is 4.85 Å². The molecule has 0 aliphatic carbocycles. The minimum Gasteiger partial charge on any atom is -0.305 e. The van der Waals surface area contributed by atoms with E-state index in [0.29, 0.717) is 0 Å². The van der Waals surface area contributed by atoms with Gasteiger partial charge >= 0.3 is 6.23 Å². The molecule has 0 aromatic carbocycles. The van der Waals surface area contributed by atoms with E-state index in [1.165, 1.54) is 0 Å². The molecule has 0 saturated carbocycles. The van der Waals surface area contributed by atoms with Gasteiger partial charge in [0, 0.05) is 6.92 Å². The summed E-state index contributed by atoms with van der Waals surface area (Å²) in [5.74, 6) is 0. The van der Waals surface area contributed by atoms with Gasteiger partial charge in [0.2, 0.25) is 0 Å². The van der Waals surface area contributed by atoms with Crippen LogP contribution in [0.4, 0.5) is 0 Å². The van der Waals surface area contributed by atoms with Gasteiger partial charge in [-0.05, 0) is 20.8 Å². The second-order valence-corrected chi connectivity index (χ2v) is 2.96. The largest absolute Gasteiger partial charge is 0.325 e. The fourth-order valence-electron chi connectivity index (χ4n) is 0.538. The van der Waals surface area contributed by atoms with Gasteiger partial charge in [0.25, 0.3) is 0 Å². The zero-order valence-electron chi connectivity index (χ0n) is 6.43. The van der Waals surface area contributed by atoms with Crippen LogP contribution in [0.2, 0.25) is 0 Å². The summed E-state index contributed by atoms with van der Waals surface area (Å²) in [7, 11) is 0. The average Bonchev–Trinajstić information content (AvgIpc) is 1.62. The average molecular weight is 127 g/mol. The third-order valence-corrected chi connectivity index (χ3v) is 0.706. The van der Waals surface area contributed by atoms with E-state index in [0.717, 1.165) is 0 Å². The van der Waals surface area contributed by atoms with E-state index < -0.39 is 0 Å². The monoisotopic (exact) mass is 127 g/mol. The Balaban J connectivity index is 3.63. The molecule has 0 aromatic rings. The van der Waals surface area contributed by atoms with E-state index in [1.807, 2.05) is 20.8 Å². The molecule has 2 heteroatoms. The van der Waals surface area contributed by atoms with Crippen molar-refractivity contribution in [2.45, 2.75) is 39.5 Å². The van der Waals surface area contributed by atoms with Gasteiger partial charge < -0.3 is 4.74 Å². The van der Waals surface area contributed by atoms with Crippen LogP contribution in [-0.4, -0.2) is 11.8 Å². The van der Waals surface area contributed by atoms with Gasteiger partial charge in [0.1, 0.15) is 0 Å². The Kier molecular flexibility index (Phi) is 2.66. The van der Waals surface area contributed by atoms with E-state index in [1.54, 1.807) is 6.92 Å². The molecule has 0 saturated heterocycles. The maximum atomic E-state index is 6.59. The Morgan fingerprint density at radius 1 is 1.44 bits per heavy atom. The van der Waals surface area contributed by atoms with Gasteiger partial charge in [-0.2, -0.15) is 0 Å². The van der Waals surface area contributed by atoms with Gasteiger partial charge in [0.15, 0.2) is 0 Å². The quantitative estimate of drug-likeness (QED) is 0.491. The first-order chi connectivity index (χ1) is 3.95. The standard InChI is InChI=1S/C7H13NO/c1-6(8-5)9-7(2,3)4/h6H,1-4H3. The fraction of sp³-hybridized carbons (Fsp3) is 0.857. The Hall–Kier alpha value is -0.550. The second-order valence-electron chi connectivity index (χ2n) is 2.96. The van der Waals surface area contributed by atoms with Crippen LogP contribution in [0.25, 0.3) is 4.85 Å². The van der Waals surface area contributed by atoms with Crippen LogP contribution in [-0.2, 0) is 4.74 Å². The number of rotatable bonds is 1. The van der Waals surface area contributed by atoms with Gasteiger partial charge in [-0.3, -0.25) is 4.85 Å². The molecule has 2 nitrogen and oxygen atoms in total. The molecule has 0 rings (SSSR count). The highest BCUT2D eigenvalue weighted by Crippen LogP contribution is 2.10. The summed E-state index contributed by atoms with van der Waals surface area (Å²) in [5.41, 5.74) is -0.191. The van der Waals surface area contributed by atoms with Gasteiger partial charge in [-0.15, -0.1) is 0 Å². The molecule has 0 N–H and O–H groups in total. The van der Waals surface area contributed by atoms with Crippen LogP contribution >= 0.6 is 0 Å². The highest BCUT2D eigenvalue weighted by atomic mass is 16.5. The van der Waals surface area contributed by atoms with Crippen LogP contribution in [0.15, 0.2) is 0 Å². The smallest absolute Gasteiger partial charge is 0.305 e. The van der Waals surface area contributed by atoms with Crippen molar-refractivity contribution in [3.05, 3.63) is 11.4 Å². The first kappa shape index (κ1) is 8.45. The molecule has 0 bridgehead atoms. The minimum atomic E-state index is -0.315. The minimum absolute atomic E-state index is 0.191. The molecule has 1 unspecified atom stereocenters. The number of ether oxygens (including phenoxy) is 1. The number of nitrogens with zero attached hydrogens (tertiary/aromatic N) is 1. The van der Waals surface area contributed by atoms with Crippen LogP contribution in [0.3, 0.4) is 0 Å².